The highest BCUT2D eigenvalue weighted by molar-refractivity contribution is 5.80. The van der Waals surface area contributed by atoms with Gasteiger partial charge < -0.3 is 10.5 Å². The highest BCUT2D eigenvalue weighted by Crippen LogP contribution is 2.33. The van der Waals surface area contributed by atoms with Crippen LogP contribution >= 0.6 is 0 Å². The summed E-state index contributed by atoms with van der Waals surface area (Å²) in [5.41, 5.74) is 5.98. The fourth-order valence-corrected chi connectivity index (χ4v) is 3.32. The van der Waals surface area contributed by atoms with Crippen molar-refractivity contribution in [2.45, 2.75) is 69.6 Å². The average molecular weight is 222 g/mol. The van der Waals surface area contributed by atoms with Crippen LogP contribution in [0.3, 0.4) is 0 Å². The first kappa shape index (κ1) is 10.6. The number of ether oxygens (including phenoxy) is 1. The Labute approximate surface area is 97.4 Å². The van der Waals surface area contributed by atoms with Gasteiger partial charge in [-0.25, -0.2) is 4.99 Å². The van der Waals surface area contributed by atoms with Crippen LogP contribution in [0.15, 0.2) is 4.99 Å². The fraction of sp³-hybridized carbons (Fsp3) is 0.923. The summed E-state index contributed by atoms with van der Waals surface area (Å²) in [5, 5.41) is 0. The molecule has 0 amide bonds. The molecule has 1 aliphatic heterocycles. The van der Waals surface area contributed by atoms with Crippen molar-refractivity contribution in [3.63, 3.8) is 0 Å². The Balaban J connectivity index is 1.65. The van der Waals surface area contributed by atoms with Crippen molar-refractivity contribution >= 4 is 5.90 Å². The highest BCUT2D eigenvalue weighted by atomic mass is 16.5. The molecule has 3 atom stereocenters. The second-order valence-corrected chi connectivity index (χ2v) is 5.60. The topological polar surface area (TPSA) is 47.6 Å². The third-order valence-corrected chi connectivity index (χ3v) is 4.32. The van der Waals surface area contributed by atoms with E-state index in [0.29, 0.717) is 24.1 Å². The molecule has 16 heavy (non-hydrogen) atoms. The van der Waals surface area contributed by atoms with Crippen LogP contribution in [0.1, 0.15) is 51.4 Å². The van der Waals surface area contributed by atoms with E-state index in [1.165, 1.54) is 32.1 Å². The zero-order valence-corrected chi connectivity index (χ0v) is 9.90. The molecule has 0 bridgehead atoms. The number of rotatable bonds is 1. The van der Waals surface area contributed by atoms with Crippen molar-refractivity contribution in [3.05, 3.63) is 0 Å². The number of hydrogen-bond acceptors (Lipinski definition) is 3. The van der Waals surface area contributed by atoms with Crippen molar-refractivity contribution in [1.29, 1.82) is 0 Å². The van der Waals surface area contributed by atoms with Gasteiger partial charge in [-0.15, -0.1) is 0 Å². The van der Waals surface area contributed by atoms with Crippen LogP contribution in [0.2, 0.25) is 0 Å². The van der Waals surface area contributed by atoms with Crippen LogP contribution in [-0.4, -0.2) is 24.1 Å². The van der Waals surface area contributed by atoms with Crippen molar-refractivity contribution in [2.75, 3.05) is 0 Å². The van der Waals surface area contributed by atoms with Gasteiger partial charge in [0, 0.05) is 18.4 Å². The monoisotopic (exact) mass is 222 g/mol. The largest absolute Gasteiger partial charge is 0.475 e. The predicted octanol–water partition coefficient (Wildman–Crippen LogP) is 2.24. The van der Waals surface area contributed by atoms with Crippen LogP contribution in [0, 0.1) is 5.92 Å². The summed E-state index contributed by atoms with van der Waals surface area (Å²) in [4.78, 5) is 4.81. The summed E-state index contributed by atoms with van der Waals surface area (Å²) in [7, 11) is 0. The Morgan fingerprint density at radius 3 is 2.69 bits per heavy atom. The zero-order chi connectivity index (χ0) is 11.0. The van der Waals surface area contributed by atoms with Crippen molar-refractivity contribution < 1.29 is 4.74 Å². The van der Waals surface area contributed by atoms with E-state index >= 15 is 0 Å². The molecule has 0 radical (unpaired) electrons. The molecule has 3 rings (SSSR count). The Kier molecular flexibility index (Phi) is 2.88. The summed E-state index contributed by atoms with van der Waals surface area (Å²) in [6.07, 6.45) is 10.2. The molecule has 0 aromatic carbocycles. The molecule has 3 nitrogen and oxygen atoms in total. The lowest BCUT2D eigenvalue weighted by atomic mass is 9.89. The number of nitrogens with zero attached hydrogens (tertiary/aromatic N) is 1. The Hall–Kier alpha value is -0.570. The van der Waals surface area contributed by atoms with Gasteiger partial charge in [0.15, 0.2) is 5.90 Å². The molecule has 0 aromatic heterocycles. The van der Waals surface area contributed by atoms with Gasteiger partial charge in [-0.1, -0.05) is 19.3 Å². The van der Waals surface area contributed by atoms with Crippen molar-refractivity contribution in [1.82, 2.24) is 0 Å². The van der Waals surface area contributed by atoms with Crippen molar-refractivity contribution in [2.24, 2.45) is 16.6 Å². The summed E-state index contributed by atoms with van der Waals surface area (Å²) in [6.45, 7) is 0. The van der Waals surface area contributed by atoms with Crippen molar-refractivity contribution in [3.8, 4) is 0 Å². The first-order chi connectivity index (χ1) is 7.83. The smallest absolute Gasteiger partial charge is 0.187 e. The molecule has 90 valence electrons. The lowest BCUT2D eigenvalue weighted by molar-refractivity contribution is 0.132. The standard InChI is InChI=1S/C13H22N2O/c14-10-6-7-11-12(8-10)16-13(15-11)9-4-2-1-3-5-9/h9-12H,1-8,14H2. The normalized spacial score (nSPS) is 40.1. The maximum absolute atomic E-state index is 6.05. The van der Waals surface area contributed by atoms with Gasteiger partial charge in [-0.3, -0.25) is 0 Å². The van der Waals surface area contributed by atoms with E-state index in [-0.39, 0.29) is 0 Å². The van der Waals surface area contributed by atoms with E-state index in [0.717, 1.165) is 25.2 Å². The minimum Gasteiger partial charge on any atom is -0.475 e. The first-order valence-corrected chi connectivity index (χ1v) is 6.83. The average Bonchev–Trinajstić information content (AvgIpc) is 2.73. The summed E-state index contributed by atoms with van der Waals surface area (Å²) < 4.78 is 6.05. The number of fused-ring (bicyclic) bond motifs is 1. The number of hydrogen-bond donors (Lipinski definition) is 1. The Bertz CT molecular complexity index is 284. The molecule has 1 heterocycles. The van der Waals surface area contributed by atoms with Gasteiger partial charge in [0.25, 0.3) is 0 Å². The van der Waals surface area contributed by atoms with Gasteiger partial charge in [0.05, 0.1) is 6.04 Å². The molecule has 2 fully saturated rings. The van der Waals surface area contributed by atoms with E-state index < -0.39 is 0 Å². The maximum atomic E-state index is 6.05. The van der Waals surface area contributed by atoms with Crippen LogP contribution < -0.4 is 5.73 Å². The van der Waals surface area contributed by atoms with Gasteiger partial charge in [-0.05, 0) is 25.7 Å². The van der Waals surface area contributed by atoms with Gasteiger partial charge in [-0.2, -0.15) is 0 Å². The minimum atomic E-state index is 0.306. The predicted molar refractivity (Wildman–Crippen MR) is 64.5 cm³/mol. The number of aliphatic imine (C=N–C) groups is 1. The second kappa shape index (κ2) is 4.36. The molecule has 2 N–H and O–H groups in total. The van der Waals surface area contributed by atoms with Crippen LogP contribution in [0.25, 0.3) is 0 Å². The van der Waals surface area contributed by atoms with E-state index in [1.807, 2.05) is 0 Å². The first-order valence-electron chi connectivity index (χ1n) is 6.83. The fourth-order valence-electron chi connectivity index (χ4n) is 3.32. The molecule has 0 saturated heterocycles. The summed E-state index contributed by atoms with van der Waals surface area (Å²) in [5.74, 6) is 1.69. The zero-order valence-electron chi connectivity index (χ0n) is 9.90. The third kappa shape index (κ3) is 1.97. The van der Waals surface area contributed by atoms with E-state index in [2.05, 4.69) is 0 Å². The number of nitrogens with two attached hydrogens (primary N) is 1. The molecule has 3 unspecified atom stereocenters. The SMILES string of the molecule is NC1CCC2N=C(C3CCCCC3)OC2C1. The van der Waals surface area contributed by atoms with E-state index in [4.69, 9.17) is 15.5 Å². The molecule has 2 aliphatic carbocycles. The second-order valence-electron chi connectivity index (χ2n) is 5.60. The third-order valence-electron chi connectivity index (χ3n) is 4.32. The minimum absolute atomic E-state index is 0.306. The Morgan fingerprint density at radius 1 is 1.06 bits per heavy atom. The summed E-state index contributed by atoms with van der Waals surface area (Å²) in [6, 6.07) is 0.763. The van der Waals surface area contributed by atoms with Gasteiger partial charge in [0.1, 0.15) is 6.10 Å². The molecule has 0 spiro atoms. The lowest BCUT2D eigenvalue weighted by Crippen LogP contribution is -2.38. The van der Waals surface area contributed by atoms with E-state index in [9.17, 15) is 0 Å². The highest BCUT2D eigenvalue weighted by Gasteiger charge is 2.38. The molecule has 3 aliphatic rings. The molecule has 0 aromatic rings. The molecular weight excluding hydrogens is 200 g/mol. The van der Waals surface area contributed by atoms with Gasteiger partial charge in [0.2, 0.25) is 0 Å². The quantitative estimate of drug-likeness (QED) is 0.739. The van der Waals surface area contributed by atoms with Crippen LogP contribution in [0.4, 0.5) is 0 Å². The van der Waals surface area contributed by atoms with Crippen LogP contribution in [-0.2, 0) is 4.74 Å². The van der Waals surface area contributed by atoms with E-state index in [1.54, 1.807) is 0 Å². The molecule has 2 saturated carbocycles. The molecular formula is C13H22N2O. The lowest BCUT2D eigenvalue weighted by Gasteiger charge is -2.27. The van der Waals surface area contributed by atoms with Gasteiger partial charge >= 0.3 is 0 Å². The van der Waals surface area contributed by atoms with Crippen LogP contribution in [0.5, 0.6) is 0 Å². The maximum Gasteiger partial charge on any atom is 0.187 e. The molecule has 3 heteroatoms. The Morgan fingerprint density at radius 2 is 1.88 bits per heavy atom. The summed E-state index contributed by atoms with van der Waals surface area (Å²) >= 11 is 0.